The molecule has 0 aliphatic carbocycles. The van der Waals surface area contributed by atoms with Crippen LogP contribution in [0.1, 0.15) is 41.4 Å². The molecule has 0 aliphatic heterocycles. The zero-order chi connectivity index (χ0) is 15.0. The summed E-state index contributed by atoms with van der Waals surface area (Å²) >= 11 is 0. The first-order valence-electron chi connectivity index (χ1n) is 6.14. The molecule has 0 unspecified atom stereocenters. The van der Waals surface area contributed by atoms with Crippen LogP contribution in [-0.4, -0.2) is 21.0 Å². The standard InChI is InChI=1S/C14H14N2O4/c1-7(2)11-6-10(14(17)18)9-4-8(3)5-12(16(19)20)13(9)15-11/h4-7H,1-3H3,(H,17,18). The number of carboxylic acid groups (broad SMARTS) is 1. The third-order valence-electron chi connectivity index (χ3n) is 3.08. The molecule has 0 spiro atoms. The Hall–Kier alpha value is -2.50. The number of rotatable bonds is 3. The van der Waals surface area contributed by atoms with E-state index in [-0.39, 0.29) is 22.7 Å². The number of pyridine rings is 1. The maximum absolute atomic E-state index is 11.4. The van der Waals surface area contributed by atoms with Crippen molar-refractivity contribution in [3.8, 4) is 0 Å². The summed E-state index contributed by atoms with van der Waals surface area (Å²) in [7, 11) is 0. The van der Waals surface area contributed by atoms with Crippen molar-refractivity contribution >= 4 is 22.6 Å². The molecule has 0 aliphatic rings. The zero-order valence-corrected chi connectivity index (χ0v) is 11.4. The molecule has 1 aromatic carbocycles. The lowest BCUT2D eigenvalue weighted by Crippen LogP contribution is -2.05. The van der Waals surface area contributed by atoms with E-state index in [1.807, 2.05) is 13.8 Å². The van der Waals surface area contributed by atoms with Gasteiger partial charge in [0.05, 0.1) is 10.5 Å². The van der Waals surface area contributed by atoms with Gasteiger partial charge in [0.1, 0.15) is 5.52 Å². The monoisotopic (exact) mass is 274 g/mol. The van der Waals surface area contributed by atoms with Crippen LogP contribution < -0.4 is 0 Å². The number of carbonyl (C=O) groups is 1. The van der Waals surface area contributed by atoms with Gasteiger partial charge < -0.3 is 5.11 Å². The summed E-state index contributed by atoms with van der Waals surface area (Å²) in [6.45, 7) is 5.41. The van der Waals surface area contributed by atoms with Gasteiger partial charge in [0, 0.05) is 17.1 Å². The van der Waals surface area contributed by atoms with E-state index in [0.29, 0.717) is 16.6 Å². The van der Waals surface area contributed by atoms with Gasteiger partial charge in [0.15, 0.2) is 0 Å². The molecule has 0 saturated heterocycles. The zero-order valence-electron chi connectivity index (χ0n) is 11.4. The number of hydrogen-bond acceptors (Lipinski definition) is 4. The van der Waals surface area contributed by atoms with Crippen LogP contribution in [0.4, 0.5) is 5.69 Å². The maximum Gasteiger partial charge on any atom is 0.336 e. The van der Waals surface area contributed by atoms with Crippen LogP contribution in [0.5, 0.6) is 0 Å². The molecule has 0 bridgehead atoms. The van der Waals surface area contributed by atoms with Crippen LogP contribution in [0.3, 0.4) is 0 Å². The van der Waals surface area contributed by atoms with Crippen molar-refractivity contribution in [3.63, 3.8) is 0 Å². The van der Waals surface area contributed by atoms with Crippen LogP contribution in [0.2, 0.25) is 0 Å². The van der Waals surface area contributed by atoms with Gasteiger partial charge in [-0.25, -0.2) is 9.78 Å². The van der Waals surface area contributed by atoms with Crippen LogP contribution in [0.15, 0.2) is 18.2 Å². The van der Waals surface area contributed by atoms with Crippen molar-refractivity contribution in [1.82, 2.24) is 4.98 Å². The van der Waals surface area contributed by atoms with Gasteiger partial charge in [0.25, 0.3) is 5.69 Å². The highest BCUT2D eigenvalue weighted by atomic mass is 16.6. The third-order valence-corrected chi connectivity index (χ3v) is 3.08. The topological polar surface area (TPSA) is 93.3 Å². The largest absolute Gasteiger partial charge is 0.478 e. The second-order valence-corrected chi connectivity index (χ2v) is 4.99. The number of aromatic nitrogens is 1. The molecule has 20 heavy (non-hydrogen) atoms. The molecule has 6 heteroatoms. The van der Waals surface area contributed by atoms with Crippen LogP contribution in [0, 0.1) is 17.0 Å². The Bertz CT molecular complexity index is 723. The number of fused-ring (bicyclic) bond motifs is 1. The lowest BCUT2D eigenvalue weighted by molar-refractivity contribution is -0.383. The summed E-state index contributed by atoms with van der Waals surface area (Å²) in [5, 5.41) is 20.8. The van der Waals surface area contributed by atoms with E-state index in [4.69, 9.17) is 0 Å². The minimum Gasteiger partial charge on any atom is -0.478 e. The highest BCUT2D eigenvalue weighted by Gasteiger charge is 2.21. The predicted molar refractivity (Wildman–Crippen MR) is 74.2 cm³/mol. The molecule has 0 amide bonds. The van der Waals surface area contributed by atoms with E-state index in [9.17, 15) is 20.0 Å². The van der Waals surface area contributed by atoms with Crippen molar-refractivity contribution in [2.45, 2.75) is 26.7 Å². The quantitative estimate of drug-likeness (QED) is 0.684. The second kappa shape index (κ2) is 4.88. The first kappa shape index (κ1) is 13.9. The lowest BCUT2D eigenvalue weighted by Gasteiger charge is -2.10. The van der Waals surface area contributed by atoms with Gasteiger partial charge in [-0.2, -0.15) is 0 Å². The Morgan fingerprint density at radius 1 is 1.35 bits per heavy atom. The van der Waals surface area contributed by atoms with Gasteiger partial charge in [-0.05, 0) is 30.5 Å². The Morgan fingerprint density at radius 2 is 2.00 bits per heavy atom. The molecular formula is C14H14N2O4. The molecule has 1 heterocycles. The number of aromatic carboxylic acids is 1. The van der Waals surface area contributed by atoms with E-state index < -0.39 is 10.9 Å². The number of benzene rings is 1. The molecular weight excluding hydrogens is 260 g/mol. The van der Waals surface area contributed by atoms with E-state index in [0.717, 1.165) is 0 Å². The normalized spacial score (nSPS) is 11.0. The van der Waals surface area contributed by atoms with E-state index in [2.05, 4.69) is 4.98 Å². The summed E-state index contributed by atoms with van der Waals surface area (Å²) in [5.74, 6) is -1.13. The molecule has 0 fully saturated rings. The van der Waals surface area contributed by atoms with Gasteiger partial charge in [0.2, 0.25) is 0 Å². The number of non-ortho nitro benzene ring substituents is 1. The SMILES string of the molecule is Cc1cc([N+](=O)[O-])c2nc(C(C)C)cc(C(=O)O)c2c1. The summed E-state index contributed by atoms with van der Waals surface area (Å²) in [6.07, 6.45) is 0. The Balaban J connectivity index is 2.96. The summed E-state index contributed by atoms with van der Waals surface area (Å²) in [5.41, 5.74) is 1.17. The Kier molecular flexibility index (Phi) is 3.40. The first-order chi connectivity index (χ1) is 9.31. The molecule has 0 atom stereocenters. The fourth-order valence-corrected chi connectivity index (χ4v) is 2.08. The van der Waals surface area contributed by atoms with Gasteiger partial charge in [-0.1, -0.05) is 13.8 Å². The summed E-state index contributed by atoms with van der Waals surface area (Å²) in [6, 6.07) is 4.51. The van der Waals surface area contributed by atoms with Gasteiger partial charge in [-0.15, -0.1) is 0 Å². The lowest BCUT2D eigenvalue weighted by atomic mass is 10.0. The number of nitro groups is 1. The number of carboxylic acids is 1. The van der Waals surface area contributed by atoms with Crippen LogP contribution >= 0.6 is 0 Å². The second-order valence-electron chi connectivity index (χ2n) is 4.99. The van der Waals surface area contributed by atoms with E-state index in [1.54, 1.807) is 13.0 Å². The number of nitro benzene ring substituents is 1. The summed E-state index contributed by atoms with van der Waals surface area (Å²) in [4.78, 5) is 26.3. The highest BCUT2D eigenvalue weighted by Crippen LogP contribution is 2.30. The predicted octanol–water partition coefficient (Wildman–Crippen LogP) is 3.27. The minimum absolute atomic E-state index is 0.0154. The molecule has 1 N–H and O–H groups in total. The number of hydrogen-bond donors (Lipinski definition) is 1. The van der Waals surface area contributed by atoms with Crippen molar-refractivity contribution in [1.29, 1.82) is 0 Å². The molecule has 0 saturated carbocycles. The van der Waals surface area contributed by atoms with Gasteiger partial charge in [-0.3, -0.25) is 10.1 Å². The smallest absolute Gasteiger partial charge is 0.336 e. The van der Waals surface area contributed by atoms with Crippen molar-refractivity contribution in [2.24, 2.45) is 0 Å². The van der Waals surface area contributed by atoms with E-state index >= 15 is 0 Å². The van der Waals surface area contributed by atoms with Crippen LogP contribution in [-0.2, 0) is 0 Å². The molecule has 0 radical (unpaired) electrons. The van der Waals surface area contributed by atoms with Crippen molar-refractivity contribution < 1.29 is 14.8 Å². The first-order valence-corrected chi connectivity index (χ1v) is 6.14. The Labute approximate surface area is 115 Å². The van der Waals surface area contributed by atoms with Crippen molar-refractivity contribution in [2.75, 3.05) is 0 Å². The molecule has 2 rings (SSSR count). The average molecular weight is 274 g/mol. The molecule has 6 nitrogen and oxygen atoms in total. The van der Waals surface area contributed by atoms with Crippen molar-refractivity contribution in [3.05, 3.63) is 45.1 Å². The van der Waals surface area contributed by atoms with Gasteiger partial charge >= 0.3 is 5.97 Å². The number of nitrogens with zero attached hydrogens (tertiary/aromatic N) is 2. The Morgan fingerprint density at radius 3 is 2.50 bits per heavy atom. The molecule has 2 aromatic rings. The minimum atomic E-state index is -1.11. The van der Waals surface area contributed by atoms with E-state index in [1.165, 1.54) is 12.1 Å². The molecule has 1 aromatic heterocycles. The fourth-order valence-electron chi connectivity index (χ4n) is 2.08. The molecule has 104 valence electrons. The number of aryl methyl sites for hydroxylation is 1. The highest BCUT2D eigenvalue weighted by molar-refractivity contribution is 6.05. The van der Waals surface area contributed by atoms with Crippen LogP contribution in [0.25, 0.3) is 10.9 Å². The fraction of sp³-hybridized carbons (Fsp3) is 0.286. The third kappa shape index (κ3) is 2.32. The maximum atomic E-state index is 11.4. The average Bonchev–Trinajstić information content (AvgIpc) is 2.35. The summed E-state index contributed by atoms with van der Waals surface area (Å²) < 4.78 is 0.